The quantitative estimate of drug-likeness (QED) is 0.717. The number of carbonyl (C=O) groups excluding carboxylic acids is 1. The number of rotatable bonds is 6. The van der Waals surface area contributed by atoms with Crippen LogP contribution in [0.2, 0.25) is 0 Å². The molecule has 0 saturated carbocycles. The number of hydrogen-bond acceptors (Lipinski definition) is 3. The summed E-state index contributed by atoms with van der Waals surface area (Å²) < 4.78 is 17.5. The summed E-state index contributed by atoms with van der Waals surface area (Å²) in [4.78, 5) is 11.1. The van der Waals surface area contributed by atoms with Crippen LogP contribution in [0, 0.1) is 5.82 Å². The van der Waals surface area contributed by atoms with Gasteiger partial charge in [0.2, 0.25) is 0 Å². The van der Waals surface area contributed by atoms with Crippen molar-refractivity contribution < 1.29 is 13.9 Å². The number of esters is 1. The molecular weight excluding hydrogens is 227 g/mol. The van der Waals surface area contributed by atoms with E-state index in [1.807, 2.05) is 6.92 Å². The van der Waals surface area contributed by atoms with E-state index in [1.165, 1.54) is 23.9 Å². The zero-order chi connectivity index (χ0) is 11.8. The maximum Gasteiger partial charge on any atom is 0.315 e. The van der Waals surface area contributed by atoms with Crippen LogP contribution in [0.1, 0.15) is 18.9 Å². The van der Waals surface area contributed by atoms with E-state index >= 15 is 0 Å². The van der Waals surface area contributed by atoms with Crippen molar-refractivity contribution in [1.82, 2.24) is 0 Å². The Bertz CT molecular complexity index is 324. The highest BCUT2D eigenvalue weighted by Crippen LogP contribution is 2.12. The second-order valence-electron chi connectivity index (χ2n) is 3.34. The molecule has 1 aromatic rings. The van der Waals surface area contributed by atoms with E-state index in [9.17, 15) is 9.18 Å². The van der Waals surface area contributed by atoms with Crippen LogP contribution in [0.5, 0.6) is 0 Å². The summed E-state index contributed by atoms with van der Waals surface area (Å²) in [6, 6.07) is 6.29. The highest BCUT2D eigenvalue weighted by molar-refractivity contribution is 7.99. The minimum atomic E-state index is -0.240. The van der Waals surface area contributed by atoms with E-state index in [1.54, 1.807) is 12.1 Å². The van der Waals surface area contributed by atoms with Crippen molar-refractivity contribution in [3.05, 3.63) is 35.6 Å². The van der Waals surface area contributed by atoms with Gasteiger partial charge in [0.1, 0.15) is 5.82 Å². The van der Waals surface area contributed by atoms with Gasteiger partial charge in [0.25, 0.3) is 0 Å². The minimum Gasteiger partial charge on any atom is -0.465 e. The molecule has 0 aliphatic rings. The van der Waals surface area contributed by atoms with E-state index in [4.69, 9.17) is 4.74 Å². The fraction of sp³-hybridized carbons (Fsp3) is 0.417. The van der Waals surface area contributed by atoms with Crippen LogP contribution in [-0.2, 0) is 15.3 Å². The molecule has 0 aromatic heterocycles. The van der Waals surface area contributed by atoms with Crippen molar-refractivity contribution in [2.45, 2.75) is 19.1 Å². The molecule has 88 valence electrons. The summed E-state index contributed by atoms with van der Waals surface area (Å²) >= 11 is 1.47. The molecule has 0 bridgehead atoms. The van der Waals surface area contributed by atoms with Gasteiger partial charge in [0.15, 0.2) is 0 Å². The third-order valence-electron chi connectivity index (χ3n) is 1.87. The van der Waals surface area contributed by atoms with Crippen LogP contribution in [0.25, 0.3) is 0 Å². The predicted molar refractivity (Wildman–Crippen MR) is 63.8 cm³/mol. The third-order valence-corrected chi connectivity index (χ3v) is 2.85. The van der Waals surface area contributed by atoms with Crippen molar-refractivity contribution in [2.75, 3.05) is 12.4 Å². The van der Waals surface area contributed by atoms with Gasteiger partial charge in [-0.25, -0.2) is 4.39 Å². The molecule has 0 heterocycles. The fourth-order valence-electron chi connectivity index (χ4n) is 1.09. The molecule has 0 atom stereocenters. The second kappa shape index (κ2) is 7.28. The van der Waals surface area contributed by atoms with Gasteiger partial charge in [0, 0.05) is 5.75 Å². The van der Waals surface area contributed by atoms with Crippen molar-refractivity contribution in [2.24, 2.45) is 0 Å². The van der Waals surface area contributed by atoms with Crippen molar-refractivity contribution in [3.63, 3.8) is 0 Å². The van der Waals surface area contributed by atoms with E-state index in [0.29, 0.717) is 18.1 Å². The summed E-state index contributed by atoms with van der Waals surface area (Å²) in [5.74, 6) is 0.615. The van der Waals surface area contributed by atoms with Crippen LogP contribution < -0.4 is 0 Å². The molecule has 1 aromatic carbocycles. The largest absolute Gasteiger partial charge is 0.465 e. The average Bonchev–Trinajstić information content (AvgIpc) is 2.29. The van der Waals surface area contributed by atoms with Gasteiger partial charge in [-0.1, -0.05) is 19.1 Å². The van der Waals surface area contributed by atoms with Crippen LogP contribution in [0.3, 0.4) is 0 Å². The Balaban J connectivity index is 2.20. The molecule has 0 aliphatic carbocycles. The van der Waals surface area contributed by atoms with Gasteiger partial charge in [-0.15, -0.1) is 11.8 Å². The molecule has 0 amide bonds. The lowest BCUT2D eigenvalue weighted by atomic mass is 10.2. The molecule has 0 aliphatic heterocycles. The molecular formula is C12H15FO2S. The Morgan fingerprint density at radius 2 is 2.06 bits per heavy atom. The zero-order valence-electron chi connectivity index (χ0n) is 9.24. The monoisotopic (exact) mass is 242 g/mol. The Morgan fingerprint density at radius 3 is 2.69 bits per heavy atom. The summed E-state index contributed by atoms with van der Waals surface area (Å²) in [7, 11) is 0. The molecule has 4 heteroatoms. The molecule has 1 rings (SSSR count). The lowest BCUT2D eigenvalue weighted by Crippen LogP contribution is -2.07. The summed E-state index contributed by atoms with van der Waals surface area (Å²) in [6.07, 6.45) is 0.842. The number of benzene rings is 1. The number of thioether (sulfide) groups is 1. The van der Waals surface area contributed by atoms with Crippen molar-refractivity contribution >= 4 is 17.7 Å². The third kappa shape index (κ3) is 5.16. The molecule has 0 saturated heterocycles. The van der Waals surface area contributed by atoms with Gasteiger partial charge in [-0.05, 0) is 24.1 Å². The zero-order valence-corrected chi connectivity index (χ0v) is 10.1. The molecule has 16 heavy (non-hydrogen) atoms. The summed E-state index contributed by atoms with van der Waals surface area (Å²) in [6.45, 7) is 2.44. The fourth-order valence-corrected chi connectivity index (χ4v) is 1.87. The predicted octanol–water partition coefficient (Wildman–Crippen LogP) is 3.01. The minimum absolute atomic E-state index is 0.186. The van der Waals surface area contributed by atoms with Gasteiger partial charge in [-0.2, -0.15) is 0 Å². The maximum absolute atomic E-state index is 12.6. The van der Waals surface area contributed by atoms with Gasteiger partial charge < -0.3 is 4.74 Å². The molecule has 0 fully saturated rings. The van der Waals surface area contributed by atoms with Crippen LogP contribution >= 0.6 is 11.8 Å². The van der Waals surface area contributed by atoms with E-state index < -0.39 is 0 Å². The van der Waals surface area contributed by atoms with Gasteiger partial charge in [-0.3, -0.25) is 4.79 Å². The number of hydrogen-bond donors (Lipinski definition) is 0. The van der Waals surface area contributed by atoms with Crippen molar-refractivity contribution in [1.29, 1.82) is 0 Å². The lowest BCUT2D eigenvalue weighted by molar-refractivity contribution is -0.140. The van der Waals surface area contributed by atoms with E-state index in [2.05, 4.69) is 0 Å². The van der Waals surface area contributed by atoms with Crippen LogP contribution in [0.15, 0.2) is 24.3 Å². The number of halogens is 1. The molecule has 0 spiro atoms. The Hall–Kier alpha value is -1.03. The Labute approximate surface area is 99.2 Å². The van der Waals surface area contributed by atoms with Crippen LogP contribution in [-0.4, -0.2) is 18.3 Å². The van der Waals surface area contributed by atoms with Crippen molar-refractivity contribution in [3.8, 4) is 0 Å². The molecule has 2 nitrogen and oxygen atoms in total. The number of carbonyl (C=O) groups is 1. The SMILES string of the molecule is CCCOC(=O)CSCc1ccc(F)cc1. The number of ether oxygens (including phenoxy) is 1. The van der Waals surface area contributed by atoms with Gasteiger partial charge >= 0.3 is 5.97 Å². The highest BCUT2D eigenvalue weighted by atomic mass is 32.2. The summed E-state index contributed by atoms with van der Waals surface area (Å²) in [5.41, 5.74) is 1.01. The summed E-state index contributed by atoms with van der Waals surface area (Å²) in [5, 5.41) is 0. The molecule has 0 radical (unpaired) electrons. The van der Waals surface area contributed by atoms with E-state index in [-0.39, 0.29) is 11.8 Å². The van der Waals surface area contributed by atoms with E-state index in [0.717, 1.165) is 12.0 Å². The first-order valence-corrected chi connectivity index (χ1v) is 6.35. The topological polar surface area (TPSA) is 26.3 Å². The normalized spacial score (nSPS) is 10.1. The Kier molecular flexibility index (Phi) is 5.93. The molecule has 0 N–H and O–H groups in total. The van der Waals surface area contributed by atoms with Crippen LogP contribution in [0.4, 0.5) is 4.39 Å². The maximum atomic E-state index is 12.6. The van der Waals surface area contributed by atoms with Gasteiger partial charge in [0.05, 0.1) is 12.4 Å². The highest BCUT2D eigenvalue weighted by Gasteiger charge is 2.02. The first kappa shape index (κ1) is 13.0. The smallest absolute Gasteiger partial charge is 0.315 e. The first-order valence-electron chi connectivity index (χ1n) is 5.20. The standard InChI is InChI=1S/C12H15FO2S/c1-2-7-15-12(14)9-16-8-10-3-5-11(13)6-4-10/h3-6H,2,7-9H2,1H3. The Morgan fingerprint density at radius 1 is 1.38 bits per heavy atom. The first-order chi connectivity index (χ1) is 7.72. The average molecular weight is 242 g/mol. The molecule has 0 unspecified atom stereocenters. The lowest BCUT2D eigenvalue weighted by Gasteiger charge is -2.03. The second-order valence-corrected chi connectivity index (χ2v) is 4.33.